The van der Waals surface area contributed by atoms with Gasteiger partial charge in [0.15, 0.2) is 0 Å². The van der Waals surface area contributed by atoms with E-state index in [0.717, 1.165) is 29.7 Å². The van der Waals surface area contributed by atoms with Gasteiger partial charge in [0, 0.05) is 5.56 Å². The quantitative estimate of drug-likeness (QED) is 0.720. The summed E-state index contributed by atoms with van der Waals surface area (Å²) in [7, 11) is 3.25. The number of methoxy groups -OCH3 is 2. The van der Waals surface area contributed by atoms with Crippen molar-refractivity contribution in [3.8, 4) is 17.2 Å². The van der Waals surface area contributed by atoms with E-state index in [1.54, 1.807) is 14.2 Å². The van der Waals surface area contributed by atoms with Crippen molar-refractivity contribution in [2.75, 3.05) is 27.4 Å². The average Bonchev–Trinajstić information content (AvgIpc) is 2.74. The highest BCUT2D eigenvalue weighted by atomic mass is 16.5. The number of hydrogen-bond acceptors (Lipinski definition) is 5. The Hall–Kier alpha value is -2.73. The minimum Gasteiger partial charge on any atom is -0.497 e. The van der Waals surface area contributed by atoms with Gasteiger partial charge in [-0.15, -0.1) is 0 Å². The second-order valence-electron chi connectivity index (χ2n) is 7.10. The van der Waals surface area contributed by atoms with Crippen LogP contribution in [-0.2, 0) is 4.79 Å². The van der Waals surface area contributed by atoms with E-state index in [0.29, 0.717) is 31.1 Å². The van der Waals surface area contributed by atoms with E-state index in [1.807, 2.05) is 49.4 Å². The number of rotatable bonds is 8. The molecule has 6 heteroatoms. The monoisotopic (exact) mass is 399 g/mol. The van der Waals surface area contributed by atoms with E-state index >= 15 is 0 Å². The standard InChI is InChI=1S/C23H29NO5/c1-4-29-18-9-7-8-16(14-18)22(24-13-6-5-10-20(24)23(25)26)19-15-17(27-2)11-12-21(19)28-3/h7-9,11-12,14-15,20,22H,4-6,10,13H2,1-3H3,(H,25,26). The molecule has 0 amide bonds. The maximum atomic E-state index is 12.1. The van der Waals surface area contributed by atoms with Crippen molar-refractivity contribution in [3.63, 3.8) is 0 Å². The lowest BCUT2D eigenvalue weighted by molar-refractivity contribution is -0.145. The molecule has 156 valence electrons. The number of piperidine rings is 1. The van der Waals surface area contributed by atoms with E-state index in [4.69, 9.17) is 14.2 Å². The summed E-state index contributed by atoms with van der Waals surface area (Å²) in [4.78, 5) is 14.1. The number of ether oxygens (including phenoxy) is 3. The highest BCUT2D eigenvalue weighted by Gasteiger charge is 2.36. The molecule has 0 aliphatic carbocycles. The maximum absolute atomic E-state index is 12.1. The van der Waals surface area contributed by atoms with Gasteiger partial charge in [-0.05, 0) is 62.2 Å². The van der Waals surface area contributed by atoms with Crippen molar-refractivity contribution in [1.29, 1.82) is 0 Å². The molecule has 1 aliphatic rings. The zero-order valence-corrected chi connectivity index (χ0v) is 17.3. The van der Waals surface area contributed by atoms with Crippen LogP contribution >= 0.6 is 0 Å². The van der Waals surface area contributed by atoms with E-state index in [1.165, 1.54) is 0 Å². The minimum absolute atomic E-state index is 0.290. The Labute approximate surface area is 172 Å². The van der Waals surface area contributed by atoms with Crippen LogP contribution in [0.2, 0.25) is 0 Å². The maximum Gasteiger partial charge on any atom is 0.320 e. The van der Waals surface area contributed by atoms with Crippen LogP contribution in [0, 0.1) is 0 Å². The van der Waals surface area contributed by atoms with Gasteiger partial charge in [-0.3, -0.25) is 9.69 Å². The van der Waals surface area contributed by atoms with Gasteiger partial charge < -0.3 is 19.3 Å². The predicted molar refractivity (Wildman–Crippen MR) is 111 cm³/mol. The lowest BCUT2D eigenvalue weighted by atomic mass is 9.91. The summed E-state index contributed by atoms with van der Waals surface area (Å²) >= 11 is 0. The fourth-order valence-electron chi connectivity index (χ4n) is 4.07. The second kappa shape index (κ2) is 9.65. The summed E-state index contributed by atoms with van der Waals surface area (Å²) in [6.07, 6.45) is 2.50. The van der Waals surface area contributed by atoms with Crippen molar-refractivity contribution in [1.82, 2.24) is 4.90 Å². The van der Waals surface area contributed by atoms with Crippen molar-refractivity contribution in [3.05, 3.63) is 53.6 Å². The molecule has 0 bridgehead atoms. The third-order valence-corrected chi connectivity index (χ3v) is 5.38. The van der Waals surface area contributed by atoms with Crippen LogP contribution in [0.25, 0.3) is 0 Å². The zero-order valence-electron chi connectivity index (χ0n) is 17.3. The van der Waals surface area contributed by atoms with Gasteiger partial charge in [0.05, 0.1) is 26.9 Å². The molecule has 6 nitrogen and oxygen atoms in total. The molecule has 0 aromatic heterocycles. The third kappa shape index (κ3) is 4.65. The molecule has 1 saturated heterocycles. The largest absolute Gasteiger partial charge is 0.497 e. The number of aliphatic carboxylic acids is 1. The molecule has 2 aromatic rings. The van der Waals surface area contributed by atoms with E-state index in [2.05, 4.69) is 4.90 Å². The molecule has 3 rings (SSSR count). The molecule has 2 atom stereocenters. The van der Waals surface area contributed by atoms with Crippen LogP contribution < -0.4 is 14.2 Å². The number of carbonyl (C=O) groups is 1. The summed E-state index contributed by atoms with van der Waals surface area (Å²) in [5.41, 5.74) is 1.85. The van der Waals surface area contributed by atoms with E-state index in [-0.39, 0.29) is 6.04 Å². The molecular formula is C23H29NO5. The normalized spacial score (nSPS) is 18.1. The van der Waals surface area contributed by atoms with Gasteiger partial charge in [-0.2, -0.15) is 0 Å². The SMILES string of the molecule is CCOc1cccc(C(c2cc(OC)ccc2OC)N2CCCCC2C(=O)O)c1. The van der Waals surface area contributed by atoms with E-state index in [9.17, 15) is 9.90 Å². The van der Waals surface area contributed by atoms with Gasteiger partial charge in [-0.1, -0.05) is 18.6 Å². The number of hydrogen-bond donors (Lipinski definition) is 1. The lowest BCUT2D eigenvalue weighted by Gasteiger charge is -2.40. The van der Waals surface area contributed by atoms with Crippen molar-refractivity contribution < 1.29 is 24.1 Å². The topological polar surface area (TPSA) is 68.2 Å². The zero-order chi connectivity index (χ0) is 20.8. The van der Waals surface area contributed by atoms with Gasteiger partial charge in [0.1, 0.15) is 23.3 Å². The predicted octanol–water partition coefficient (Wildman–Crippen LogP) is 4.13. The molecule has 1 aliphatic heterocycles. The number of benzene rings is 2. The molecule has 29 heavy (non-hydrogen) atoms. The Morgan fingerprint density at radius 3 is 2.66 bits per heavy atom. The summed E-state index contributed by atoms with van der Waals surface area (Å²) in [5.74, 6) is 1.38. The fourth-order valence-corrected chi connectivity index (χ4v) is 4.07. The van der Waals surface area contributed by atoms with Crippen LogP contribution in [-0.4, -0.2) is 49.4 Å². The molecule has 2 aromatic carbocycles. The van der Waals surface area contributed by atoms with Crippen LogP contribution in [0.5, 0.6) is 17.2 Å². The molecule has 0 radical (unpaired) electrons. The molecule has 0 spiro atoms. The number of likely N-dealkylation sites (tertiary alicyclic amines) is 1. The van der Waals surface area contributed by atoms with Crippen LogP contribution in [0.15, 0.2) is 42.5 Å². The Balaban J connectivity index is 2.16. The Morgan fingerprint density at radius 1 is 1.14 bits per heavy atom. The van der Waals surface area contributed by atoms with Gasteiger partial charge >= 0.3 is 5.97 Å². The van der Waals surface area contributed by atoms with Crippen LogP contribution in [0.4, 0.5) is 0 Å². The Morgan fingerprint density at radius 2 is 1.97 bits per heavy atom. The minimum atomic E-state index is -0.794. The molecule has 0 saturated carbocycles. The first kappa shape index (κ1) is 21.0. The highest BCUT2D eigenvalue weighted by molar-refractivity contribution is 5.74. The average molecular weight is 399 g/mol. The van der Waals surface area contributed by atoms with Gasteiger partial charge in [0.25, 0.3) is 0 Å². The highest BCUT2D eigenvalue weighted by Crippen LogP contribution is 2.40. The first-order valence-corrected chi connectivity index (χ1v) is 10.0. The Bertz CT molecular complexity index is 838. The van der Waals surface area contributed by atoms with Crippen molar-refractivity contribution in [2.45, 2.75) is 38.3 Å². The second-order valence-corrected chi connectivity index (χ2v) is 7.10. The molecule has 1 heterocycles. The summed E-state index contributed by atoms with van der Waals surface area (Å²) in [5, 5.41) is 9.90. The molecular weight excluding hydrogens is 370 g/mol. The first-order valence-electron chi connectivity index (χ1n) is 10.0. The molecule has 1 N–H and O–H groups in total. The Kier molecular flexibility index (Phi) is 6.99. The number of nitrogens with zero attached hydrogens (tertiary/aromatic N) is 1. The van der Waals surface area contributed by atoms with E-state index < -0.39 is 12.0 Å². The lowest BCUT2D eigenvalue weighted by Crippen LogP contribution is -2.46. The summed E-state index contributed by atoms with van der Waals surface area (Å²) in [6, 6.07) is 12.7. The van der Waals surface area contributed by atoms with Gasteiger partial charge in [-0.25, -0.2) is 0 Å². The van der Waals surface area contributed by atoms with Crippen LogP contribution in [0.3, 0.4) is 0 Å². The third-order valence-electron chi connectivity index (χ3n) is 5.38. The fraction of sp³-hybridized carbons (Fsp3) is 0.435. The van der Waals surface area contributed by atoms with Crippen LogP contribution in [0.1, 0.15) is 43.4 Å². The number of carboxylic acid groups (broad SMARTS) is 1. The van der Waals surface area contributed by atoms with Gasteiger partial charge in [0.2, 0.25) is 0 Å². The molecule has 2 unspecified atom stereocenters. The van der Waals surface area contributed by atoms with Crippen molar-refractivity contribution in [2.24, 2.45) is 0 Å². The summed E-state index contributed by atoms with van der Waals surface area (Å²) in [6.45, 7) is 3.21. The summed E-state index contributed by atoms with van der Waals surface area (Å²) < 4.78 is 16.8. The van der Waals surface area contributed by atoms with Crippen molar-refractivity contribution >= 4 is 5.97 Å². The number of carboxylic acids is 1. The first-order chi connectivity index (χ1) is 14.1. The smallest absolute Gasteiger partial charge is 0.320 e. The molecule has 1 fully saturated rings.